The summed E-state index contributed by atoms with van der Waals surface area (Å²) >= 11 is 0. The van der Waals surface area contributed by atoms with Gasteiger partial charge in [0.05, 0.1) is 0 Å². The quantitative estimate of drug-likeness (QED) is 0.416. The molecule has 0 amide bonds. The first-order valence-electron chi connectivity index (χ1n) is 3.80. The van der Waals surface area contributed by atoms with E-state index in [1.54, 1.807) is 0 Å². The molecule has 0 saturated carbocycles. The predicted octanol–water partition coefficient (Wildman–Crippen LogP) is 2.27. The van der Waals surface area contributed by atoms with Crippen molar-refractivity contribution in [2.75, 3.05) is 0 Å². The molecule has 0 aliphatic rings. The first-order valence-corrected chi connectivity index (χ1v) is 3.80. The van der Waals surface area contributed by atoms with Crippen LogP contribution in [0.15, 0.2) is 30.3 Å². The Kier molecular flexibility index (Phi) is 25.1. The summed E-state index contributed by atoms with van der Waals surface area (Å²) in [6.07, 6.45) is 0. The van der Waals surface area contributed by atoms with E-state index in [2.05, 4.69) is 18.7 Å². The standard InChI is InChI=1S/C6H5.C2H5N2.C2H6.Y/c1-2-4-6-5-3-1;1-2(3)4;1-2;/h1-5H;1H2,(H3,3,4);1-2H3;/q2*-1;;. The van der Waals surface area contributed by atoms with Gasteiger partial charge in [-0.25, -0.2) is 0 Å². The molecule has 2 nitrogen and oxygen atoms in total. The van der Waals surface area contributed by atoms with Crippen molar-refractivity contribution < 1.29 is 32.7 Å². The summed E-state index contributed by atoms with van der Waals surface area (Å²) in [4.78, 5) is 0. The molecular formula is C10H16N2Y-2. The maximum absolute atomic E-state index is 6.17. The van der Waals surface area contributed by atoms with Gasteiger partial charge in [-0.15, -0.1) is 0 Å². The number of hydrogen-bond acceptors (Lipinski definition) is 1. The Bertz CT molecular complexity index is 145. The molecule has 0 bridgehead atoms. The van der Waals surface area contributed by atoms with Crippen LogP contribution in [0.5, 0.6) is 0 Å². The molecule has 0 unspecified atom stereocenters. The van der Waals surface area contributed by atoms with E-state index in [9.17, 15) is 0 Å². The second-order valence-electron chi connectivity index (χ2n) is 1.60. The van der Waals surface area contributed by atoms with Crippen LogP contribution in [0.4, 0.5) is 0 Å². The Balaban J connectivity index is -0.000000128. The fourth-order valence-electron chi connectivity index (χ4n) is 0.342. The van der Waals surface area contributed by atoms with Crippen LogP contribution >= 0.6 is 0 Å². The topological polar surface area (TPSA) is 49.9 Å². The Morgan fingerprint density at radius 2 is 1.54 bits per heavy atom. The minimum Gasteiger partial charge on any atom is -0.412 e. The van der Waals surface area contributed by atoms with Gasteiger partial charge in [-0.05, 0) is 0 Å². The molecule has 1 radical (unpaired) electrons. The molecule has 3 N–H and O–H groups in total. The largest absolute Gasteiger partial charge is 0.412 e. The van der Waals surface area contributed by atoms with Gasteiger partial charge in [0.1, 0.15) is 0 Å². The van der Waals surface area contributed by atoms with Crippen LogP contribution in [0.3, 0.4) is 0 Å². The van der Waals surface area contributed by atoms with Gasteiger partial charge in [0.25, 0.3) is 0 Å². The van der Waals surface area contributed by atoms with Gasteiger partial charge in [-0.2, -0.15) is 36.4 Å². The van der Waals surface area contributed by atoms with Gasteiger partial charge >= 0.3 is 0 Å². The van der Waals surface area contributed by atoms with E-state index in [1.165, 1.54) is 0 Å². The molecule has 0 spiro atoms. The van der Waals surface area contributed by atoms with Crippen molar-refractivity contribution >= 4 is 5.84 Å². The molecule has 3 heteroatoms. The van der Waals surface area contributed by atoms with Crippen LogP contribution < -0.4 is 5.73 Å². The molecule has 0 aliphatic carbocycles. The van der Waals surface area contributed by atoms with E-state index in [1.807, 2.05) is 44.2 Å². The van der Waals surface area contributed by atoms with Gasteiger partial charge in [0.2, 0.25) is 0 Å². The third-order valence-electron chi connectivity index (χ3n) is 0.607. The number of nitrogens with one attached hydrogen (secondary N) is 1. The molecule has 71 valence electrons. The van der Waals surface area contributed by atoms with E-state index >= 15 is 0 Å². The van der Waals surface area contributed by atoms with Crippen molar-refractivity contribution in [3.63, 3.8) is 0 Å². The Labute approximate surface area is 106 Å². The second-order valence-corrected chi connectivity index (χ2v) is 1.60. The predicted molar refractivity (Wildman–Crippen MR) is 53.9 cm³/mol. The summed E-state index contributed by atoms with van der Waals surface area (Å²) in [6.45, 7) is 7.00. The van der Waals surface area contributed by atoms with E-state index < -0.39 is 0 Å². The molecular weight excluding hydrogens is 237 g/mol. The maximum atomic E-state index is 6.17. The Hall–Kier alpha value is -0.336. The summed E-state index contributed by atoms with van der Waals surface area (Å²) in [6, 6.07) is 12.5. The van der Waals surface area contributed by atoms with E-state index in [4.69, 9.17) is 5.41 Å². The first kappa shape index (κ1) is 18.4. The van der Waals surface area contributed by atoms with Crippen LogP contribution in [0, 0.1) is 18.4 Å². The average molecular weight is 253 g/mol. The van der Waals surface area contributed by atoms with E-state index in [0.29, 0.717) is 0 Å². The average Bonchev–Trinajstić information content (AvgIpc) is 2.10. The van der Waals surface area contributed by atoms with Crippen LogP contribution in [-0.4, -0.2) is 5.84 Å². The van der Waals surface area contributed by atoms with E-state index in [0.717, 1.165) is 0 Å². The van der Waals surface area contributed by atoms with Crippen LogP contribution in [0.25, 0.3) is 0 Å². The number of benzene rings is 1. The fourth-order valence-corrected chi connectivity index (χ4v) is 0.342. The molecule has 0 atom stereocenters. The molecule has 0 aliphatic heterocycles. The third kappa shape index (κ3) is 34.0. The molecule has 0 heterocycles. The minimum absolute atomic E-state index is 0. The van der Waals surface area contributed by atoms with Gasteiger partial charge in [-0.1, -0.05) is 19.7 Å². The number of rotatable bonds is 0. The number of amidine groups is 1. The smallest absolute Gasteiger partial charge is 0 e. The Morgan fingerprint density at radius 3 is 1.62 bits per heavy atom. The van der Waals surface area contributed by atoms with Gasteiger partial charge in [0.15, 0.2) is 0 Å². The van der Waals surface area contributed by atoms with Crippen molar-refractivity contribution in [2.24, 2.45) is 5.73 Å². The monoisotopic (exact) mass is 253 g/mol. The second kappa shape index (κ2) is 17.7. The van der Waals surface area contributed by atoms with E-state index in [-0.39, 0.29) is 38.5 Å². The first-order chi connectivity index (χ1) is 5.73. The van der Waals surface area contributed by atoms with Crippen molar-refractivity contribution in [3.8, 4) is 0 Å². The maximum Gasteiger partial charge on any atom is 0 e. The van der Waals surface area contributed by atoms with Crippen LogP contribution in [0.1, 0.15) is 13.8 Å². The molecule has 1 aromatic rings. The molecule has 1 aromatic carbocycles. The van der Waals surface area contributed by atoms with Crippen molar-refractivity contribution in [3.05, 3.63) is 43.3 Å². The number of nitrogens with two attached hydrogens (primary N) is 1. The molecule has 0 fully saturated rings. The molecule has 0 aromatic heterocycles. The summed E-state index contributed by atoms with van der Waals surface area (Å²) in [7, 11) is 0. The van der Waals surface area contributed by atoms with Gasteiger partial charge < -0.3 is 18.1 Å². The van der Waals surface area contributed by atoms with Gasteiger partial charge in [-0.3, -0.25) is 0 Å². The Morgan fingerprint density at radius 1 is 1.23 bits per heavy atom. The third-order valence-corrected chi connectivity index (χ3v) is 0.607. The van der Waals surface area contributed by atoms with Crippen molar-refractivity contribution in [1.29, 1.82) is 5.41 Å². The zero-order valence-electron chi connectivity index (χ0n) is 8.25. The molecule has 1 rings (SSSR count). The van der Waals surface area contributed by atoms with Crippen LogP contribution in [0.2, 0.25) is 0 Å². The zero-order chi connectivity index (χ0) is 9.82. The molecule has 0 saturated heterocycles. The van der Waals surface area contributed by atoms with Gasteiger partial charge in [0, 0.05) is 32.7 Å². The normalized spacial score (nSPS) is 6.00. The van der Waals surface area contributed by atoms with Crippen molar-refractivity contribution in [1.82, 2.24) is 0 Å². The summed E-state index contributed by atoms with van der Waals surface area (Å²) in [5.41, 5.74) is 4.58. The zero-order valence-corrected chi connectivity index (χ0v) is 11.1. The van der Waals surface area contributed by atoms with Crippen LogP contribution in [-0.2, 0) is 32.7 Å². The summed E-state index contributed by atoms with van der Waals surface area (Å²) in [5, 5.41) is 6.17. The fraction of sp³-hybridized carbons (Fsp3) is 0.200. The van der Waals surface area contributed by atoms with Crippen molar-refractivity contribution in [2.45, 2.75) is 13.8 Å². The molecule has 13 heavy (non-hydrogen) atoms. The SMILES string of the molecule is CC.[CH2-]C(=N)N.[Y].[c-]1ccccc1. The number of hydrogen-bond donors (Lipinski definition) is 2. The minimum atomic E-state index is -0.0833. The summed E-state index contributed by atoms with van der Waals surface area (Å²) < 4.78 is 0. The summed E-state index contributed by atoms with van der Waals surface area (Å²) in [5.74, 6) is -0.0833.